The quantitative estimate of drug-likeness (QED) is 0.708. The van der Waals surface area contributed by atoms with Crippen molar-refractivity contribution in [2.24, 2.45) is 5.41 Å². The number of benzene rings is 1. The first-order chi connectivity index (χ1) is 8.35. The number of hydrogen-bond acceptors (Lipinski definition) is 3. The normalized spacial score (nSPS) is 11.8. The van der Waals surface area contributed by atoms with Crippen molar-refractivity contribution in [3.8, 4) is 5.75 Å². The number of hydrogen-bond donors (Lipinski definition) is 3. The summed E-state index contributed by atoms with van der Waals surface area (Å²) in [6.45, 7) is 6.03. The van der Waals surface area contributed by atoms with Gasteiger partial charge in [0, 0.05) is 19.7 Å². The smallest absolute Gasteiger partial charge is 0.143 e. The topological polar surface area (TPSA) is 52.5 Å². The van der Waals surface area contributed by atoms with Crippen molar-refractivity contribution < 1.29 is 10.2 Å². The Balaban J connectivity index is 2.54. The fourth-order valence-corrected chi connectivity index (χ4v) is 2.94. The van der Waals surface area contributed by atoms with Crippen LogP contribution in [0.2, 0.25) is 0 Å². The number of phenols is 1. The summed E-state index contributed by atoms with van der Waals surface area (Å²) in [5, 5.41) is 21.9. The molecule has 0 aliphatic heterocycles. The number of rotatable bonds is 6. The van der Waals surface area contributed by atoms with E-state index in [1.165, 1.54) is 0 Å². The molecular weight excluding hydrogens is 362 g/mol. The molecule has 0 aromatic heterocycles. The third-order valence-corrected chi connectivity index (χ3v) is 4.01. The van der Waals surface area contributed by atoms with E-state index in [0.29, 0.717) is 8.95 Å². The predicted octanol–water partition coefficient (Wildman–Crippen LogP) is 3.42. The summed E-state index contributed by atoms with van der Waals surface area (Å²) >= 11 is 6.62. The van der Waals surface area contributed by atoms with E-state index in [4.69, 9.17) is 5.11 Å². The molecule has 0 saturated carbocycles. The molecule has 0 saturated heterocycles. The van der Waals surface area contributed by atoms with Crippen molar-refractivity contribution in [1.82, 2.24) is 5.32 Å². The highest BCUT2D eigenvalue weighted by Crippen LogP contribution is 2.33. The molecule has 1 aromatic carbocycles. The second-order valence-corrected chi connectivity index (χ2v) is 6.86. The number of aliphatic hydroxyl groups is 1. The Kier molecular flexibility index (Phi) is 6.11. The maximum atomic E-state index is 9.61. The Labute approximate surface area is 125 Å². The Morgan fingerprint density at radius 1 is 1.22 bits per heavy atom. The summed E-state index contributed by atoms with van der Waals surface area (Å²) in [7, 11) is 0. The van der Waals surface area contributed by atoms with E-state index in [2.05, 4.69) is 51.0 Å². The molecule has 5 heteroatoms. The molecule has 0 aliphatic carbocycles. The highest BCUT2D eigenvalue weighted by atomic mass is 79.9. The van der Waals surface area contributed by atoms with Crippen molar-refractivity contribution in [1.29, 1.82) is 0 Å². The molecule has 0 fully saturated rings. The zero-order valence-corrected chi connectivity index (χ0v) is 13.8. The van der Waals surface area contributed by atoms with Crippen LogP contribution < -0.4 is 5.32 Å². The van der Waals surface area contributed by atoms with Crippen LogP contribution in [0, 0.1) is 5.41 Å². The van der Waals surface area contributed by atoms with Gasteiger partial charge in [0.1, 0.15) is 5.75 Å². The van der Waals surface area contributed by atoms with Gasteiger partial charge in [-0.25, -0.2) is 0 Å². The van der Waals surface area contributed by atoms with Crippen LogP contribution in [0.1, 0.15) is 25.8 Å². The Hall–Kier alpha value is -0.100. The fourth-order valence-electron chi connectivity index (χ4n) is 1.66. The van der Waals surface area contributed by atoms with E-state index in [1.54, 1.807) is 0 Å². The van der Waals surface area contributed by atoms with Crippen molar-refractivity contribution >= 4 is 31.9 Å². The second-order valence-electron chi connectivity index (χ2n) is 5.15. The Bertz CT molecular complexity index is 385. The minimum absolute atomic E-state index is 0.0835. The van der Waals surface area contributed by atoms with Gasteiger partial charge in [-0.1, -0.05) is 13.8 Å². The number of aromatic hydroxyl groups is 1. The zero-order valence-electron chi connectivity index (χ0n) is 10.6. The highest BCUT2D eigenvalue weighted by molar-refractivity contribution is 9.11. The summed E-state index contributed by atoms with van der Waals surface area (Å²) in [5.41, 5.74) is 1.17. The van der Waals surface area contributed by atoms with Gasteiger partial charge < -0.3 is 15.5 Å². The first-order valence-electron chi connectivity index (χ1n) is 5.84. The zero-order chi connectivity index (χ0) is 13.8. The van der Waals surface area contributed by atoms with Crippen LogP contribution in [0.15, 0.2) is 21.1 Å². The van der Waals surface area contributed by atoms with Crippen LogP contribution in [-0.2, 0) is 6.54 Å². The molecule has 3 nitrogen and oxygen atoms in total. The van der Waals surface area contributed by atoms with Gasteiger partial charge in [0.05, 0.1) is 8.95 Å². The van der Waals surface area contributed by atoms with Gasteiger partial charge in [0.2, 0.25) is 0 Å². The number of aliphatic hydroxyl groups excluding tert-OH is 1. The highest BCUT2D eigenvalue weighted by Gasteiger charge is 2.16. The maximum Gasteiger partial charge on any atom is 0.143 e. The maximum absolute atomic E-state index is 9.61. The predicted molar refractivity (Wildman–Crippen MR) is 80.7 cm³/mol. The van der Waals surface area contributed by atoms with E-state index in [0.717, 1.165) is 25.1 Å². The SMILES string of the molecule is CC(C)(CCO)CNCc1cc(Br)c(O)c(Br)c1. The molecular formula is C13H19Br2NO2. The van der Waals surface area contributed by atoms with Gasteiger partial charge in [-0.05, 0) is 61.4 Å². The average Bonchev–Trinajstić information content (AvgIpc) is 2.25. The Morgan fingerprint density at radius 2 is 1.78 bits per heavy atom. The van der Waals surface area contributed by atoms with E-state index in [-0.39, 0.29) is 17.8 Å². The van der Waals surface area contributed by atoms with Gasteiger partial charge in [0.25, 0.3) is 0 Å². The van der Waals surface area contributed by atoms with Gasteiger partial charge >= 0.3 is 0 Å². The molecule has 18 heavy (non-hydrogen) atoms. The van der Waals surface area contributed by atoms with Crippen LogP contribution in [0.5, 0.6) is 5.75 Å². The van der Waals surface area contributed by atoms with Crippen molar-refractivity contribution in [3.63, 3.8) is 0 Å². The molecule has 0 bridgehead atoms. The van der Waals surface area contributed by atoms with Crippen LogP contribution in [0.4, 0.5) is 0 Å². The number of halogens is 2. The van der Waals surface area contributed by atoms with Gasteiger partial charge in [-0.15, -0.1) is 0 Å². The Morgan fingerprint density at radius 3 is 2.28 bits per heavy atom. The first-order valence-corrected chi connectivity index (χ1v) is 7.43. The minimum Gasteiger partial charge on any atom is -0.506 e. The van der Waals surface area contributed by atoms with Gasteiger partial charge in [-0.2, -0.15) is 0 Å². The third-order valence-electron chi connectivity index (χ3n) is 2.80. The molecule has 102 valence electrons. The lowest BCUT2D eigenvalue weighted by molar-refractivity contribution is 0.207. The summed E-state index contributed by atoms with van der Waals surface area (Å²) in [6.07, 6.45) is 0.781. The summed E-state index contributed by atoms with van der Waals surface area (Å²) in [4.78, 5) is 0. The molecule has 0 radical (unpaired) electrons. The van der Waals surface area contributed by atoms with Crippen molar-refractivity contribution in [2.45, 2.75) is 26.8 Å². The van der Waals surface area contributed by atoms with Crippen molar-refractivity contribution in [2.75, 3.05) is 13.2 Å². The molecule has 0 unspecified atom stereocenters. The molecule has 0 amide bonds. The largest absolute Gasteiger partial charge is 0.506 e. The lowest BCUT2D eigenvalue weighted by Gasteiger charge is -2.24. The molecule has 1 rings (SSSR count). The number of phenolic OH excluding ortho intramolecular Hbond substituents is 1. The van der Waals surface area contributed by atoms with Crippen LogP contribution in [0.3, 0.4) is 0 Å². The molecule has 0 atom stereocenters. The molecule has 1 aromatic rings. The van der Waals surface area contributed by atoms with E-state index in [9.17, 15) is 5.11 Å². The number of nitrogens with one attached hydrogen (secondary N) is 1. The van der Waals surface area contributed by atoms with Crippen LogP contribution in [-0.4, -0.2) is 23.4 Å². The second kappa shape index (κ2) is 6.89. The fraction of sp³-hybridized carbons (Fsp3) is 0.538. The van der Waals surface area contributed by atoms with Gasteiger partial charge in [0.15, 0.2) is 0 Å². The standard InChI is InChI=1S/C13H19Br2NO2/c1-13(2,3-4-17)8-16-7-9-5-10(14)12(18)11(15)6-9/h5-6,16-18H,3-4,7-8H2,1-2H3. The van der Waals surface area contributed by atoms with E-state index >= 15 is 0 Å². The molecule has 0 aliphatic rings. The summed E-state index contributed by atoms with van der Waals surface area (Å²) in [5.74, 6) is 0.222. The molecule has 0 spiro atoms. The summed E-state index contributed by atoms with van der Waals surface area (Å²) in [6, 6.07) is 3.79. The minimum atomic E-state index is 0.0835. The van der Waals surface area contributed by atoms with Crippen molar-refractivity contribution in [3.05, 3.63) is 26.6 Å². The lowest BCUT2D eigenvalue weighted by Crippen LogP contribution is -2.29. The monoisotopic (exact) mass is 379 g/mol. The average molecular weight is 381 g/mol. The van der Waals surface area contributed by atoms with Crippen LogP contribution in [0.25, 0.3) is 0 Å². The van der Waals surface area contributed by atoms with Gasteiger partial charge in [-0.3, -0.25) is 0 Å². The summed E-state index contributed by atoms with van der Waals surface area (Å²) < 4.78 is 1.37. The first kappa shape index (κ1) is 16.0. The molecule has 0 heterocycles. The lowest BCUT2D eigenvalue weighted by atomic mass is 9.90. The van der Waals surface area contributed by atoms with E-state index < -0.39 is 0 Å². The van der Waals surface area contributed by atoms with Crippen LogP contribution >= 0.6 is 31.9 Å². The third kappa shape index (κ3) is 4.88. The van der Waals surface area contributed by atoms with E-state index in [1.807, 2.05) is 12.1 Å². The molecule has 3 N–H and O–H groups in total.